The predicted molar refractivity (Wildman–Crippen MR) is 116 cm³/mol. The van der Waals surface area contributed by atoms with Gasteiger partial charge in [-0.3, -0.25) is 4.90 Å². The number of fused-ring (bicyclic) bond motifs is 1. The van der Waals surface area contributed by atoms with Gasteiger partial charge < -0.3 is 20.1 Å². The largest absolute Gasteiger partial charge is 0.490 e. The molecule has 3 N–H and O–H groups in total. The molecule has 1 saturated carbocycles. The Morgan fingerprint density at radius 2 is 1.57 bits per heavy atom. The maximum absolute atomic E-state index is 10.6. The molecule has 0 spiro atoms. The Morgan fingerprint density at radius 3 is 2.03 bits per heavy atom. The van der Waals surface area contributed by atoms with E-state index in [0.29, 0.717) is 12.0 Å². The van der Waals surface area contributed by atoms with Crippen molar-refractivity contribution < 1.29 is 46.1 Å². The lowest BCUT2D eigenvalue weighted by atomic mass is 9.84. The summed E-state index contributed by atoms with van der Waals surface area (Å²) in [5.41, 5.74) is 2.62. The number of aryl methyl sites for hydroxylation is 1. The highest BCUT2D eigenvalue weighted by atomic mass is 19.4. The first-order valence-corrected chi connectivity index (χ1v) is 11.0. The van der Waals surface area contributed by atoms with Crippen molar-refractivity contribution in [2.45, 2.75) is 50.6 Å². The second kappa shape index (κ2) is 12.7. The van der Waals surface area contributed by atoms with Crippen LogP contribution in [0.1, 0.15) is 30.7 Å². The summed E-state index contributed by atoms with van der Waals surface area (Å²) in [5.74, 6) is -3.93. The summed E-state index contributed by atoms with van der Waals surface area (Å²) in [6.07, 6.45) is 0.541. The number of nitrogens with one attached hydrogen (secondary N) is 1. The van der Waals surface area contributed by atoms with Gasteiger partial charge in [-0.25, -0.2) is 24.5 Å². The topological polar surface area (TPSA) is 133 Å². The number of aromatic nitrogens is 4. The van der Waals surface area contributed by atoms with Crippen molar-refractivity contribution in [2.75, 3.05) is 18.4 Å². The molecule has 1 unspecified atom stereocenters. The Hall–Kier alpha value is -3.43. The highest BCUT2D eigenvalue weighted by Gasteiger charge is 2.39. The van der Waals surface area contributed by atoms with Gasteiger partial charge in [-0.05, 0) is 24.8 Å². The first-order valence-electron chi connectivity index (χ1n) is 11.0. The van der Waals surface area contributed by atoms with E-state index in [9.17, 15) is 26.3 Å². The normalized spacial score (nSPS) is 17.8. The molecule has 0 amide bonds. The van der Waals surface area contributed by atoms with Gasteiger partial charge in [0.05, 0.1) is 12.0 Å². The van der Waals surface area contributed by atoms with Crippen molar-refractivity contribution in [1.29, 1.82) is 0 Å². The van der Waals surface area contributed by atoms with Crippen LogP contribution in [0.5, 0.6) is 0 Å². The molecule has 37 heavy (non-hydrogen) atoms. The third-order valence-corrected chi connectivity index (χ3v) is 5.71. The number of aliphatic carboxylic acids is 2. The van der Waals surface area contributed by atoms with Crippen molar-refractivity contribution in [3.8, 4) is 0 Å². The zero-order valence-corrected chi connectivity index (χ0v) is 19.6. The van der Waals surface area contributed by atoms with Crippen molar-refractivity contribution in [1.82, 2.24) is 24.4 Å². The van der Waals surface area contributed by atoms with Gasteiger partial charge in [-0.15, -0.1) is 0 Å². The number of rotatable bonds is 5. The molecule has 2 aromatic heterocycles. The average molecular weight is 540 g/mol. The van der Waals surface area contributed by atoms with Gasteiger partial charge in [0, 0.05) is 57.2 Å². The van der Waals surface area contributed by atoms with E-state index in [1.807, 2.05) is 12.4 Å². The molecule has 1 fully saturated rings. The quantitative estimate of drug-likeness (QED) is 0.489. The van der Waals surface area contributed by atoms with Gasteiger partial charge in [-0.2, -0.15) is 26.3 Å². The number of carboxylic acids is 2. The highest BCUT2D eigenvalue weighted by molar-refractivity contribution is 5.73. The molecule has 2 aliphatic rings. The molecular weight excluding hydrogens is 514 g/mol. The average Bonchev–Trinajstić information content (AvgIpc) is 3.14. The first-order chi connectivity index (χ1) is 17.2. The molecule has 2 aromatic rings. The third-order valence-electron chi connectivity index (χ3n) is 5.71. The molecule has 1 aliphatic carbocycles. The van der Waals surface area contributed by atoms with E-state index in [1.165, 1.54) is 37.2 Å². The summed E-state index contributed by atoms with van der Waals surface area (Å²) in [7, 11) is 2.10. The molecule has 0 aromatic carbocycles. The van der Waals surface area contributed by atoms with Crippen LogP contribution in [0.15, 0.2) is 24.8 Å². The van der Waals surface area contributed by atoms with Gasteiger partial charge in [0.15, 0.2) is 0 Å². The maximum Gasteiger partial charge on any atom is 0.490 e. The SMILES string of the molecule is Cn1cnc2c1CC(CNc1ncccn1)N(CC1CCC1)C2.O=C(O)C(F)(F)F.O=C(O)C(F)(F)F. The molecule has 206 valence electrons. The summed E-state index contributed by atoms with van der Waals surface area (Å²) < 4.78 is 65.6. The van der Waals surface area contributed by atoms with Gasteiger partial charge in [0.25, 0.3) is 0 Å². The van der Waals surface area contributed by atoms with Crippen LogP contribution in [0.2, 0.25) is 0 Å². The van der Waals surface area contributed by atoms with Crippen molar-refractivity contribution in [3.63, 3.8) is 0 Å². The van der Waals surface area contributed by atoms with Crippen LogP contribution in [0.3, 0.4) is 0 Å². The van der Waals surface area contributed by atoms with E-state index < -0.39 is 24.3 Å². The van der Waals surface area contributed by atoms with E-state index in [2.05, 4.69) is 36.8 Å². The van der Waals surface area contributed by atoms with E-state index in [4.69, 9.17) is 19.8 Å². The lowest BCUT2D eigenvalue weighted by molar-refractivity contribution is -0.193. The van der Waals surface area contributed by atoms with E-state index in [1.54, 1.807) is 12.4 Å². The van der Waals surface area contributed by atoms with Gasteiger partial charge in [0.1, 0.15) is 0 Å². The summed E-state index contributed by atoms with van der Waals surface area (Å²) in [6, 6.07) is 2.32. The summed E-state index contributed by atoms with van der Waals surface area (Å²) in [5, 5.41) is 17.7. The van der Waals surface area contributed by atoms with E-state index in [-0.39, 0.29) is 0 Å². The van der Waals surface area contributed by atoms with Crippen molar-refractivity contribution in [2.24, 2.45) is 13.0 Å². The maximum atomic E-state index is 10.6. The van der Waals surface area contributed by atoms with E-state index in [0.717, 1.165) is 25.4 Å². The van der Waals surface area contributed by atoms with Crippen LogP contribution in [-0.4, -0.2) is 78.1 Å². The van der Waals surface area contributed by atoms with Gasteiger partial charge in [-0.1, -0.05) is 6.42 Å². The fraction of sp³-hybridized carbons (Fsp3) is 0.571. The smallest absolute Gasteiger partial charge is 0.475 e. The minimum atomic E-state index is -5.08. The lowest BCUT2D eigenvalue weighted by Crippen LogP contribution is -2.47. The Morgan fingerprint density at radius 1 is 1.03 bits per heavy atom. The highest BCUT2D eigenvalue weighted by Crippen LogP contribution is 2.30. The fourth-order valence-corrected chi connectivity index (χ4v) is 3.59. The molecule has 0 radical (unpaired) electrons. The summed E-state index contributed by atoms with van der Waals surface area (Å²) in [6.45, 7) is 3.04. The Labute approximate surface area is 207 Å². The number of alkyl halides is 6. The number of carboxylic acid groups (broad SMARTS) is 2. The third kappa shape index (κ3) is 9.51. The molecule has 0 bridgehead atoms. The summed E-state index contributed by atoms with van der Waals surface area (Å²) in [4.78, 5) is 33.5. The molecule has 16 heteroatoms. The fourth-order valence-electron chi connectivity index (χ4n) is 3.59. The molecule has 1 atom stereocenters. The minimum absolute atomic E-state index is 0.474. The number of hydrogen-bond donors (Lipinski definition) is 3. The second-order valence-corrected chi connectivity index (χ2v) is 8.39. The van der Waals surface area contributed by atoms with Crippen LogP contribution >= 0.6 is 0 Å². The van der Waals surface area contributed by atoms with Crippen molar-refractivity contribution in [3.05, 3.63) is 36.2 Å². The molecule has 3 heterocycles. The molecular formula is C21H26F6N6O4. The number of imidazole rings is 1. The number of nitrogens with zero attached hydrogens (tertiary/aromatic N) is 5. The Bertz CT molecular complexity index is 1000. The van der Waals surface area contributed by atoms with Crippen LogP contribution in [0, 0.1) is 5.92 Å². The lowest BCUT2D eigenvalue weighted by Gasteiger charge is -2.39. The Kier molecular flexibility index (Phi) is 10.2. The standard InChI is InChI=1S/C17H24N6.2C2HF3O2/c1-22-12-21-15-11-23(10-13-4-2-5-13)14(8-16(15)22)9-20-17-18-6-3-7-19-17;2*3-2(4,5)1(6)7/h3,6-7,12-14H,2,4-5,8-11H2,1H3,(H,18,19,20);2*(H,6,7). The summed E-state index contributed by atoms with van der Waals surface area (Å²) >= 11 is 0. The van der Waals surface area contributed by atoms with Gasteiger partial charge in [0.2, 0.25) is 5.95 Å². The number of anilines is 1. The van der Waals surface area contributed by atoms with Crippen LogP contribution in [0.25, 0.3) is 0 Å². The van der Waals surface area contributed by atoms with Gasteiger partial charge >= 0.3 is 24.3 Å². The zero-order chi connectivity index (χ0) is 27.8. The first kappa shape index (κ1) is 29.8. The minimum Gasteiger partial charge on any atom is -0.475 e. The molecule has 1 aliphatic heterocycles. The number of halogens is 6. The molecule has 0 saturated heterocycles. The number of carbonyl (C=O) groups is 2. The number of hydrogen-bond acceptors (Lipinski definition) is 7. The van der Waals surface area contributed by atoms with Crippen molar-refractivity contribution >= 4 is 17.9 Å². The monoisotopic (exact) mass is 540 g/mol. The predicted octanol–water partition coefficient (Wildman–Crippen LogP) is 3.12. The molecule has 4 rings (SSSR count). The van der Waals surface area contributed by atoms with E-state index >= 15 is 0 Å². The van der Waals surface area contributed by atoms with Crippen LogP contribution in [0.4, 0.5) is 32.3 Å². The zero-order valence-electron chi connectivity index (χ0n) is 19.6. The van der Waals surface area contributed by atoms with Crippen LogP contribution < -0.4 is 5.32 Å². The second-order valence-electron chi connectivity index (χ2n) is 8.39. The van der Waals surface area contributed by atoms with Crippen LogP contribution in [-0.2, 0) is 29.6 Å². The molecule has 10 nitrogen and oxygen atoms in total. The Balaban J connectivity index is 0.000000286.